The molecule has 1 aromatic carbocycles. The van der Waals surface area contributed by atoms with Crippen LogP contribution in [0.4, 0.5) is 5.69 Å². The zero-order valence-electron chi connectivity index (χ0n) is 10.0. The van der Waals surface area contributed by atoms with Crippen LogP contribution >= 0.6 is 11.8 Å². The summed E-state index contributed by atoms with van der Waals surface area (Å²) in [7, 11) is 0. The maximum Gasteiger partial charge on any atom is 0.0478 e. The van der Waals surface area contributed by atoms with E-state index >= 15 is 0 Å². The van der Waals surface area contributed by atoms with Gasteiger partial charge in [-0.05, 0) is 36.6 Å². The lowest BCUT2D eigenvalue weighted by molar-refractivity contribution is 0.579. The molecular formula is C14H21NS. The number of thioether (sulfide) groups is 1. The second kappa shape index (κ2) is 6.19. The molecule has 1 aliphatic rings. The van der Waals surface area contributed by atoms with E-state index in [1.165, 1.54) is 36.3 Å². The van der Waals surface area contributed by atoms with Crippen LogP contribution in [0.1, 0.15) is 32.6 Å². The fraction of sp³-hybridized carbons (Fsp3) is 0.571. The highest BCUT2D eigenvalue weighted by Crippen LogP contribution is 2.29. The highest BCUT2D eigenvalue weighted by Gasteiger charge is 2.14. The minimum Gasteiger partial charge on any atom is -0.384 e. The van der Waals surface area contributed by atoms with Gasteiger partial charge in [0.15, 0.2) is 0 Å². The Kier molecular flexibility index (Phi) is 4.58. The third-order valence-electron chi connectivity index (χ3n) is 3.24. The summed E-state index contributed by atoms with van der Waals surface area (Å²) in [4.78, 5) is 1.39. The number of para-hydroxylation sites is 1. The number of benzene rings is 1. The molecule has 88 valence electrons. The van der Waals surface area contributed by atoms with Crippen LogP contribution in [0.3, 0.4) is 0 Å². The van der Waals surface area contributed by atoms with Crippen molar-refractivity contribution in [3.63, 3.8) is 0 Å². The first-order valence-corrected chi connectivity index (χ1v) is 7.34. The lowest BCUT2D eigenvalue weighted by Gasteiger charge is -2.14. The highest BCUT2D eigenvalue weighted by molar-refractivity contribution is 7.99. The molecule has 0 spiro atoms. The zero-order chi connectivity index (χ0) is 11.2. The second-order valence-electron chi connectivity index (χ2n) is 4.46. The quantitative estimate of drug-likeness (QED) is 0.759. The number of hydrogen-bond donors (Lipinski definition) is 1. The lowest BCUT2D eigenvalue weighted by atomic mass is 10.1. The van der Waals surface area contributed by atoms with E-state index in [0.717, 1.165) is 18.2 Å². The van der Waals surface area contributed by atoms with Gasteiger partial charge in [-0.1, -0.05) is 31.9 Å². The minimum absolute atomic E-state index is 0.902. The molecule has 0 heterocycles. The van der Waals surface area contributed by atoms with Crippen molar-refractivity contribution in [2.24, 2.45) is 5.92 Å². The van der Waals surface area contributed by atoms with Gasteiger partial charge >= 0.3 is 0 Å². The number of rotatable bonds is 5. The predicted octanol–water partition coefficient (Wildman–Crippen LogP) is 4.40. The van der Waals surface area contributed by atoms with Crippen molar-refractivity contribution in [3.8, 4) is 0 Å². The van der Waals surface area contributed by atoms with Crippen molar-refractivity contribution >= 4 is 17.4 Å². The topological polar surface area (TPSA) is 12.0 Å². The van der Waals surface area contributed by atoms with Crippen molar-refractivity contribution in [3.05, 3.63) is 24.3 Å². The van der Waals surface area contributed by atoms with Gasteiger partial charge in [-0.2, -0.15) is 0 Å². The van der Waals surface area contributed by atoms with Crippen LogP contribution in [0.25, 0.3) is 0 Å². The van der Waals surface area contributed by atoms with Gasteiger partial charge in [-0.25, -0.2) is 0 Å². The van der Waals surface area contributed by atoms with Gasteiger partial charge in [0.25, 0.3) is 0 Å². The summed E-state index contributed by atoms with van der Waals surface area (Å²) >= 11 is 1.92. The number of nitrogens with one attached hydrogen (secondary N) is 1. The fourth-order valence-electron chi connectivity index (χ4n) is 2.36. The molecule has 1 N–H and O–H groups in total. The van der Waals surface area contributed by atoms with E-state index in [-0.39, 0.29) is 0 Å². The summed E-state index contributed by atoms with van der Waals surface area (Å²) in [6, 6.07) is 8.66. The van der Waals surface area contributed by atoms with Gasteiger partial charge in [0.1, 0.15) is 0 Å². The molecule has 1 saturated carbocycles. The zero-order valence-corrected chi connectivity index (χ0v) is 10.9. The summed E-state index contributed by atoms with van der Waals surface area (Å²) < 4.78 is 0. The highest BCUT2D eigenvalue weighted by atomic mass is 32.2. The summed E-state index contributed by atoms with van der Waals surface area (Å²) in [5.41, 5.74) is 1.32. The smallest absolute Gasteiger partial charge is 0.0478 e. The maximum absolute atomic E-state index is 3.62. The van der Waals surface area contributed by atoms with Crippen LogP contribution in [0.15, 0.2) is 29.2 Å². The van der Waals surface area contributed by atoms with Crippen molar-refractivity contribution in [1.29, 1.82) is 0 Å². The Morgan fingerprint density at radius 3 is 2.75 bits per heavy atom. The van der Waals surface area contributed by atoms with Crippen LogP contribution in [0.2, 0.25) is 0 Å². The molecule has 1 aromatic rings. The van der Waals surface area contributed by atoms with Crippen LogP contribution < -0.4 is 5.32 Å². The van der Waals surface area contributed by atoms with Crippen LogP contribution in [0, 0.1) is 5.92 Å². The Hall–Kier alpha value is -0.630. The van der Waals surface area contributed by atoms with Crippen molar-refractivity contribution < 1.29 is 0 Å². The molecular weight excluding hydrogens is 214 g/mol. The van der Waals surface area contributed by atoms with Crippen molar-refractivity contribution in [2.75, 3.05) is 17.6 Å². The van der Waals surface area contributed by atoms with E-state index in [1.54, 1.807) is 0 Å². The minimum atomic E-state index is 0.902. The van der Waals surface area contributed by atoms with Gasteiger partial charge in [0, 0.05) is 17.1 Å². The third-order valence-corrected chi connectivity index (χ3v) is 4.20. The Morgan fingerprint density at radius 2 is 2.00 bits per heavy atom. The van der Waals surface area contributed by atoms with Crippen LogP contribution in [0.5, 0.6) is 0 Å². The fourth-order valence-corrected chi connectivity index (χ4v) is 3.14. The second-order valence-corrected chi connectivity index (χ2v) is 5.77. The van der Waals surface area contributed by atoms with Crippen molar-refractivity contribution in [2.45, 2.75) is 37.5 Å². The largest absolute Gasteiger partial charge is 0.384 e. The Balaban J connectivity index is 1.91. The van der Waals surface area contributed by atoms with Gasteiger partial charge in [0.2, 0.25) is 0 Å². The summed E-state index contributed by atoms with van der Waals surface area (Å²) in [6.07, 6.45) is 5.68. The summed E-state index contributed by atoms with van der Waals surface area (Å²) in [5.74, 6) is 2.04. The molecule has 1 aliphatic carbocycles. The van der Waals surface area contributed by atoms with Gasteiger partial charge < -0.3 is 5.32 Å². The first-order valence-electron chi connectivity index (χ1n) is 6.36. The molecule has 1 fully saturated rings. The molecule has 0 bridgehead atoms. The Labute approximate surface area is 103 Å². The average molecular weight is 235 g/mol. The maximum atomic E-state index is 3.62. The average Bonchev–Trinajstić information content (AvgIpc) is 2.81. The normalized spacial score (nSPS) is 16.6. The van der Waals surface area contributed by atoms with E-state index in [4.69, 9.17) is 0 Å². The van der Waals surface area contributed by atoms with Gasteiger partial charge in [-0.15, -0.1) is 11.8 Å². The van der Waals surface area contributed by atoms with Crippen LogP contribution in [-0.4, -0.2) is 12.3 Å². The number of anilines is 1. The van der Waals surface area contributed by atoms with Crippen LogP contribution in [-0.2, 0) is 0 Å². The molecule has 16 heavy (non-hydrogen) atoms. The van der Waals surface area contributed by atoms with Crippen molar-refractivity contribution in [1.82, 2.24) is 0 Å². The molecule has 0 aromatic heterocycles. The first-order chi connectivity index (χ1) is 7.90. The third kappa shape index (κ3) is 3.18. The summed E-state index contributed by atoms with van der Waals surface area (Å²) in [6.45, 7) is 3.36. The first kappa shape index (κ1) is 11.8. The molecule has 1 nitrogen and oxygen atoms in total. The number of hydrogen-bond acceptors (Lipinski definition) is 2. The molecule has 0 unspecified atom stereocenters. The van der Waals surface area contributed by atoms with Gasteiger partial charge in [0.05, 0.1) is 0 Å². The SMILES string of the molecule is CCSc1ccccc1NCC1CCCC1. The monoisotopic (exact) mass is 235 g/mol. The summed E-state index contributed by atoms with van der Waals surface area (Å²) in [5, 5.41) is 3.62. The molecule has 0 radical (unpaired) electrons. The molecule has 2 heteroatoms. The van der Waals surface area contributed by atoms with E-state index in [0.29, 0.717) is 0 Å². The molecule has 0 saturated heterocycles. The van der Waals surface area contributed by atoms with Gasteiger partial charge in [-0.3, -0.25) is 0 Å². The molecule has 0 atom stereocenters. The standard InChI is InChI=1S/C14H21NS/c1-2-16-14-10-6-5-9-13(14)15-11-12-7-3-4-8-12/h5-6,9-10,12,15H,2-4,7-8,11H2,1H3. The Morgan fingerprint density at radius 1 is 1.25 bits per heavy atom. The van der Waals surface area contributed by atoms with E-state index in [2.05, 4.69) is 36.5 Å². The molecule has 0 aliphatic heterocycles. The molecule has 2 rings (SSSR count). The van der Waals surface area contributed by atoms with E-state index in [9.17, 15) is 0 Å². The van der Waals surface area contributed by atoms with E-state index < -0.39 is 0 Å². The van der Waals surface area contributed by atoms with E-state index in [1.807, 2.05) is 11.8 Å². The predicted molar refractivity (Wildman–Crippen MR) is 73.3 cm³/mol. The molecule has 0 amide bonds. The lowest BCUT2D eigenvalue weighted by Crippen LogP contribution is -2.11. The Bertz CT molecular complexity index is 318.